The number of aliphatic hydroxyl groups is 1. The van der Waals surface area contributed by atoms with Crippen molar-refractivity contribution in [2.75, 3.05) is 0 Å². The lowest BCUT2D eigenvalue weighted by Crippen LogP contribution is -2.38. The number of aryl methyl sites for hydroxylation is 1. The van der Waals surface area contributed by atoms with Crippen LogP contribution in [0.2, 0.25) is 10.0 Å². The van der Waals surface area contributed by atoms with Crippen molar-refractivity contribution in [1.82, 2.24) is 0 Å². The zero-order chi connectivity index (χ0) is 14.2. The fraction of sp³-hybridized carbons (Fsp3) is 0.294. The van der Waals surface area contributed by atoms with E-state index in [1.165, 1.54) is 11.1 Å². The zero-order valence-corrected chi connectivity index (χ0v) is 12.6. The summed E-state index contributed by atoms with van der Waals surface area (Å²) in [6.45, 7) is 0. The van der Waals surface area contributed by atoms with Crippen molar-refractivity contribution < 1.29 is 5.11 Å². The molecule has 0 aliphatic heterocycles. The maximum absolute atomic E-state index is 10.9. The minimum atomic E-state index is -0.689. The van der Waals surface area contributed by atoms with Gasteiger partial charge in [-0.2, -0.15) is 0 Å². The van der Waals surface area contributed by atoms with Crippen LogP contribution in [0.4, 0.5) is 0 Å². The van der Waals surface area contributed by atoms with E-state index < -0.39 is 5.60 Å². The van der Waals surface area contributed by atoms with Gasteiger partial charge in [0.05, 0.1) is 15.6 Å². The second-order valence-electron chi connectivity index (χ2n) is 5.60. The average molecular weight is 307 g/mol. The molecule has 0 heterocycles. The maximum Gasteiger partial charge on any atom is 0.0731 e. The van der Waals surface area contributed by atoms with Gasteiger partial charge in [0.2, 0.25) is 0 Å². The van der Waals surface area contributed by atoms with Crippen molar-refractivity contribution >= 4 is 23.2 Å². The van der Waals surface area contributed by atoms with Crippen LogP contribution in [0.3, 0.4) is 0 Å². The number of fused-ring (bicyclic) bond motifs is 1. The molecule has 0 amide bonds. The number of rotatable bonds is 2. The van der Waals surface area contributed by atoms with Crippen LogP contribution in [0.25, 0.3) is 0 Å². The highest BCUT2D eigenvalue weighted by Crippen LogP contribution is 2.32. The van der Waals surface area contributed by atoms with Gasteiger partial charge in [-0.25, -0.2) is 0 Å². The number of halogens is 2. The molecule has 1 nitrogen and oxygen atoms in total. The summed E-state index contributed by atoms with van der Waals surface area (Å²) in [6, 6.07) is 13.9. The van der Waals surface area contributed by atoms with E-state index in [0.29, 0.717) is 22.9 Å². The topological polar surface area (TPSA) is 20.2 Å². The van der Waals surface area contributed by atoms with Crippen molar-refractivity contribution in [1.29, 1.82) is 0 Å². The molecular formula is C17H16Cl2O. The number of hydrogen-bond acceptors (Lipinski definition) is 1. The fourth-order valence-corrected chi connectivity index (χ4v) is 3.29. The quantitative estimate of drug-likeness (QED) is 0.868. The van der Waals surface area contributed by atoms with Crippen LogP contribution in [-0.4, -0.2) is 10.7 Å². The van der Waals surface area contributed by atoms with E-state index in [-0.39, 0.29) is 0 Å². The molecule has 0 spiro atoms. The summed E-state index contributed by atoms with van der Waals surface area (Å²) in [4.78, 5) is 0. The van der Waals surface area contributed by atoms with Crippen molar-refractivity contribution in [3.05, 3.63) is 69.2 Å². The Bertz CT molecular complexity index is 639. The van der Waals surface area contributed by atoms with Gasteiger partial charge in [0.1, 0.15) is 0 Å². The lowest BCUT2D eigenvalue weighted by molar-refractivity contribution is 0.0267. The number of benzene rings is 2. The molecule has 0 fully saturated rings. The highest BCUT2D eigenvalue weighted by Gasteiger charge is 2.32. The van der Waals surface area contributed by atoms with Crippen molar-refractivity contribution in [3.8, 4) is 0 Å². The van der Waals surface area contributed by atoms with Crippen LogP contribution >= 0.6 is 23.2 Å². The standard InChI is InChI=1S/C17H16Cl2O/c18-15-6-5-12(9-16(15)19)10-17(20)8-7-13-3-1-2-4-14(13)11-17/h1-6,9,20H,7-8,10-11H2. The normalized spacial score (nSPS) is 21.6. The Labute approximate surface area is 129 Å². The molecule has 1 unspecified atom stereocenters. The van der Waals surface area contributed by atoms with E-state index in [2.05, 4.69) is 18.2 Å². The summed E-state index contributed by atoms with van der Waals surface area (Å²) in [7, 11) is 0. The summed E-state index contributed by atoms with van der Waals surface area (Å²) in [5, 5.41) is 12.0. The minimum Gasteiger partial charge on any atom is -0.389 e. The predicted molar refractivity (Wildman–Crippen MR) is 83.6 cm³/mol. The zero-order valence-electron chi connectivity index (χ0n) is 11.1. The van der Waals surface area contributed by atoms with Gasteiger partial charge in [0.15, 0.2) is 0 Å². The van der Waals surface area contributed by atoms with Crippen LogP contribution in [0, 0.1) is 0 Å². The molecule has 0 aromatic heterocycles. The number of hydrogen-bond donors (Lipinski definition) is 1. The molecule has 2 aromatic carbocycles. The van der Waals surface area contributed by atoms with Gasteiger partial charge in [-0.1, -0.05) is 53.5 Å². The molecule has 1 aliphatic rings. The van der Waals surface area contributed by atoms with Gasteiger partial charge in [0, 0.05) is 12.8 Å². The Morgan fingerprint density at radius 1 is 1.00 bits per heavy atom. The third kappa shape index (κ3) is 2.85. The second kappa shape index (κ2) is 5.40. The molecule has 3 rings (SSSR count). The van der Waals surface area contributed by atoms with E-state index in [1.54, 1.807) is 6.07 Å². The third-order valence-electron chi connectivity index (χ3n) is 4.01. The molecule has 2 aromatic rings. The third-order valence-corrected chi connectivity index (χ3v) is 4.75. The van der Waals surface area contributed by atoms with E-state index >= 15 is 0 Å². The monoisotopic (exact) mass is 306 g/mol. The SMILES string of the molecule is OC1(Cc2ccc(Cl)c(Cl)c2)CCc2ccccc2C1. The highest BCUT2D eigenvalue weighted by atomic mass is 35.5. The minimum absolute atomic E-state index is 0.545. The molecule has 104 valence electrons. The van der Waals surface area contributed by atoms with Crippen LogP contribution < -0.4 is 0 Å². The molecule has 0 saturated heterocycles. The predicted octanol–water partition coefficient (Wildman–Crippen LogP) is 4.46. The largest absolute Gasteiger partial charge is 0.389 e. The first-order valence-electron chi connectivity index (χ1n) is 6.79. The summed E-state index contributed by atoms with van der Waals surface area (Å²) in [5.41, 5.74) is 2.94. The summed E-state index contributed by atoms with van der Waals surface area (Å²) in [6.07, 6.45) is 3.01. The molecule has 3 heteroatoms. The van der Waals surface area contributed by atoms with E-state index in [0.717, 1.165) is 18.4 Å². The molecule has 0 bridgehead atoms. The van der Waals surface area contributed by atoms with Gasteiger partial charge in [0.25, 0.3) is 0 Å². The Hall–Kier alpha value is -1.02. The summed E-state index contributed by atoms with van der Waals surface area (Å²) in [5.74, 6) is 0. The van der Waals surface area contributed by atoms with Crippen LogP contribution in [0.5, 0.6) is 0 Å². The first-order valence-corrected chi connectivity index (χ1v) is 7.54. The molecule has 20 heavy (non-hydrogen) atoms. The molecule has 0 saturated carbocycles. The first-order chi connectivity index (χ1) is 9.56. The van der Waals surface area contributed by atoms with Gasteiger partial charge < -0.3 is 5.11 Å². The lowest BCUT2D eigenvalue weighted by atomic mass is 9.77. The second-order valence-corrected chi connectivity index (χ2v) is 6.41. The molecular weight excluding hydrogens is 291 g/mol. The molecule has 1 aliphatic carbocycles. The maximum atomic E-state index is 10.9. The first kappa shape index (κ1) is 13.9. The molecule has 1 N–H and O–H groups in total. The van der Waals surface area contributed by atoms with Gasteiger partial charge in [-0.3, -0.25) is 0 Å². The van der Waals surface area contributed by atoms with Gasteiger partial charge in [-0.15, -0.1) is 0 Å². The Kier molecular flexibility index (Phi) is 3.76. The van der Waals surface area contributed by atoms with Crippen LogP contribution in [0.1, 0.15) is 23.1 Å². The van der Waals surface area contributed by atoms with E-state index in [4.69, 9.17) is 23.2 Å². The van der Waals surface area contributed by atoms with Crippen LogP contribution in [0.15, 0.2) is 42.5 Å². The smallest absolute Gasteiger partial charge is 0.0731 e. The molecule has 0 radical (unpaired) electrons. The summed E-state index contributed by atoms with van der Waals surface area (Å²) >= 11 is 12.0. The lowest BCUT2D eigenvalue weighted by Gasteiger charge is -2.33. The fourth-order valence-electron chi connectivity index (χ4n) is 2.96. The Morgan fingerprint density at radius 3 is 2.50 bits per heavy atom. The van der Waals surface area contributed by atoms with Gasteiger partial charge in [-0.05, 0) is 41.7 Å². The van der Waals surface area contributed by atoms with Crippen molar-refractivity contribution in [3.63, 3.8) is 0 Å². The average Bonchev–Trinajstić information content (AvgIpc) is 2.42. The van der Waals surface area contributed by atoms with Crippen molar-refractivity contribution in [2.24, 2.45) is 0 Å². The Balaban J connectivity index is 1.82. The summed E-state index contributed by atoms with van der Waals surface area (Å²) < 4.78 is 0. The van der Waals surface area contributed by atoms with Crippen LogP contribution in [-0.2, 0) is 19.3 Å². The van der Waals surface area contributed by atoms with Gasteiger partial charge >= 0.3 is 0 Å². The van der Waals surface area contributed by atoms with E-state index in [1.807, 2.05) is 18.2 Å². The molecule has 1 atom stereocenters. The van der Waals surface area contributed by atoms with E-state index in [9.17, 15) is 5.11 Å². The Morgan fingerprint density at radius 2 is 1.75 bits per heavy atom. The van der Waals surface area contributed by atoms with Crippen molar-refractivity contribution in [2.45, 2.75) is 31.3 Å². The highest BCUT2D eigenvalue weighted by molar-refractivity contribution is 6.42.